The molecular weight excluding hydrogens is 306 g/mol. The third-order valence-corrected chi connectivity index (χ3v) is 5.50. The van der Waals surface area contributed by atoms with Crippen LogP contribution in [0.15, 0.2) is 23.7 Å². The van der Waals surface area contributed by atoms with Crippen molar-refractivity contribution in [2.45, 2.75) is 39.7 Å². The van der Waals surface area contributed by atoms with Crippen molar-refractivity contribution in [3.8, 4) is 0 Å². The number of aromatic nitrogens is 1. The number of rotatable bonds is 2. The molecule has 0 radical (unpaired) electrons. The van der Waals surface area contributed by atoms with Gasteiger partial charge in [-0.1, -0.05) is 20.8 Å². The molecule has 0 N–H and O–H groups in total. The Hall–Kier alpha value is -1.62. The van der Waals surface area contributed by atoms with Crippen LogP contribution in [0.4, 0.5) is 5.69 Å². The summed E-state index contributed by atoms with van der Waals surface area (Å²) in [5.74, 6) is 0.223. The normalized spacial score (nSPS) is 19.1. The highest BCUT2D eigenvalue weighted by Crippen LogP contribution is 2.32. The summed E-state index contributed by atoms with van der Waals surface area (Å²) in [5, 5.41) is 2.10. The van der Waals surface area contributed by atoms with Gasteiger partial charge < -0.3 is 9.80 Å². The molecule has 23 heavy (non-hydrogen) atoms. The Morgan fingerprint density at radius 1 is 1.39 bits per heavy atom. The van der Waals surface area contributed by atoms with E-state index < -0.39 is 0 Å². The smallest absolute Gasteiger partial charge is 0.227 e. The standard InChI is InChI=1S/C18H25N3OS/c1-18(2,3)17(22)20(4)13-6-5-10-21(12-13)15-7-9-19-14-8-11-23-16(14)15/h7-9,11,13H,5-6,10,12H2,1-4H3. The molecule has 5 heteroatoms. The van der Waals surface area contributed by atoms with Gasteiger partial charge in [0, 0.05) is 37.8 Å². The van der Waals surface area contributed by atoms with E-state index in [0.717, 1.165) is 31.4 Å². The summed E-state index contributed by atoms with van der Waals surface area (Å²) >= 11 is 1.74. The molecule has 1 aliphatic rings. The Balaban J connectivity index is 1.81. The predicted molar refractivity (Wildman–Crippen MR) is 97.1 cm³/mol. The Bertz CT molecular complexity index is 704. The number of pyridine rings is 1. The highest BCUT2D eigenvalue weighted by Gasteiger charge is 2.32. The van der Waals surface area contributed by atoms with Gasteiger partial charge in [-0.2, -0.15) is 0 Å². The van der Waals surface area contributed by atoms with Crippen LogP contribution in [0, 0.1) is 5.41 Å². The SMILES string of the molecule is CN(C(=O)C(C)(C)C)C1CCCN(c2ccnc3ccsc23)C1. The maximum atomic E-state index is 12.6. The first-order chi connectivity index (χ1) is 10.9. The predicted octanol–water partition coefficient (Wildman–Crippen LogP) is 3.77. The van der Waals surface area contributed by atoms with Gasteiger partial charge in [0.1, 0.15) is 0 Å². The van der Waals surface area contributed by atoms with Crippen LogP contribution in [-0.4, -0.2) is 42.0 Å². The summed E-state index contributed by atoms with van der Waals surface area (Å²) in [6.45, 7) is 7.92. The second-order valence-corrected chi connectivity index (χ2v) is 8.29. The van der Waals surface area contributed by atoms with E-state index in [1.165, 1.54) is 10.4 Å². The number of carbonyl (C=O) groups is 1. The molecular formula is C18H25N3OS. The minimum atomic E-state index is -0.325. The van der Waals surface area contributed by atoms with Gasteiger partial charge in [-0.15, -0.1) is 11.3 Å². The van der Waals surface area contributed by atoms with Crippen molar-refractivity contribution >= 4 is 33.1 Å². The summed E-state index contributed by atoms with van der Waals surface area (Å²) in [4.78, 5) is 21.4. The van der Waals surface area contributed by atoms with Crippen LogP contribution in [-0.2, 0) is 4.79 Å². The zero-order chi connectivity index (χ0) is 16.6. The molecule has 1 atom stereocenters. The monoisotopic (exact) mass is 331 g/mol. The lowest BCUT2D eigenvalue weighted by molar-refractivity contribution is -0.140. The van der Waals surface area contributed by atoms with Gasteiger partial charge in [-0.25, -0.2) is 0 Å². The van der Waals surface area contributed by atoms with Crippen molar-refractivity contribution in [2.24, 2.45) is 5.41 Å². The molecule has 0 saturated carbocycles. The quantitative estimate of drug-likeness (QED) is 0.840. The van der Waals surface area contributed by atoms with Gasteiger partial charge in [-0.05, 0) is 30.4 Å². The number of amides is 1. The second-order valence-electron chi connectivity index (χ2n) is 7.37. The number of hydrogen-bond acceptors (Lipinski definition) is 4. The van der Waals surface area contributed by atoms with Gasteiger partial charge >= 0.3 is 0 Å². The lowest BCUT2D eigenvalue weighted by Gasteiger charge is -2.40. The van der Waals surface area contributed by atoms with E-state index in [-0.39, 0.29) is 17.4 Å². The average molecular weight is 331 g/mol. The number of likely N-dealkylation sites (N-methyl/N-ethyl adjacent to an activating group) is 1. The van der Waals surface area contributed by atoms with Crippen molar-refractivity contribution in [2.75, 3.05) is 25.0 Å². The molecule has 0 aliphatic carbocycles. The third-order valence-electron chi connectivity index (χ3n) is 4.57. The molecule has 1 unspecified atom stereocenters. The van der Waals surface area contributed by atoms with E-state index in [1.54, 1.807) is 11.3 Å². The summed E-state index contributed by atoms with van der Waals surface area (Å²) in [6, 6.07) is 4.45. The second kappa shape index (κ2) is 6.11. The molecule has 0 aromatic carbocycles. The fourth-order valence-corrected chi connectivity index (χ4v) is 4.19. The Morgan fingerprint density at radius 3 is 2.91 bits per heavy atom. The first-order valence-electron chi connectivity index (χ1n) is 8.22. The molecule has 1 fully saturated rings. The third kappa shape index (κ3) is 3.20. The van der Waals surface area contributed by atoms with Gasteiger partial charge in [0.15, 0.2) is 0 Å². The minimum Gasteiger partial charge on any atom is -0.368 e. The highest BCUT2D eigenvalue weighted by atomic mass is 32.1. The largest absolute Gasteiger partial charge is 0.368 e. The lowest BCUT2D eigenvalue weighted by Crippen LogP contribution is -2.51. The van der Waals surface area contributed by atoms with Crippen molar-refractivity contribution < 1.29 is 4.79 Å². The Morgan fingerprint density at radius 2 is 2.17 bits per heavy atom. The molecule has 2 aromatic heterocycles. The molecule has 3 rings (SSSR count). The number of thiophene rings is 1. The maximum absolute atomic E-state index is 12.6. The number of piperidine rings is 1. The van der Waals surface area contributed by atoms with E-state index >= 15 is 0 Å². The van der Waals surface area contributed by atoms with E-state index in [2.05, 4.69) is 27.4 Å². The van der Waals surface area contributed by atoms with E-state index in [4.69, 9.17) is 0 Å². The van der Waals surface area contributed by atoms with E-state index in [1.807, 2.05) is 38.9 Å². The zero-order valence-electron chi connectivity index (χ0n) is 14.4. The van der Waals surface area contributed by atoms with Gasteiger partial charge in [0.2, 0.25) is 5.91 Å². The fourth-order valence-electron chi connectivity index (χ4n) is 3.29. The maximum Gasteiger partial charge on any atom is 0.227 e. The van der Waals surface area contributed by atoms with Crippen molar-refractivity contribution in [3.05, 3.63) is 23.7 Å². The topological polar surface area (TPSA) is 36.4 Å². The van der Waals surface area contributed by atoms with Crippen LogP contribution in [0.5, 0.6) is 0 Å². The number of carbonyl (C=O) groups excluding carboxylic acids is 1. The lowest BCUT2D eigenvalue weighted by atomic mass is 9.93. The van der Waals surface area contributed by atoms with Crippen LogP contribution < -0.4 is 4.90 Å². The van der Waals surface area contributed by atoms with Crippen molar-refractivity contribution in [1.29, 1.82) is 0 Å². The molecule has 1 amide bonds. The molecule has 0 spiro atoms. The Labute approximate surface area is 142 Å². The van der Waals surface area contributed by atoms with Gasteiger partial charge in [0.25, 0.3) is 0 Å². The molecule has 1 aliphatic heterocycles. The van der Waals surface area contributed by atoms with Gasteiger partial charge in [0.05, 0.1) is 15.9 Å². The molecule has 3 heterocycles. The Kier molecular flexibility index (Phi) is 4.32. The number of anilines is 1. The van der Waals surface area contributed by atoms with E-state index in [0.29, 0.717) is 0 Å². The van der Waals surface area contributed by atoms with Gasteiger partial charge in [-0.3, -0.25) is 9.78 Å². The van der Waals surface area contributed by atoms with Crippen LogP contribution in [0.25, 0.3) is 10.2 Å². The fraction of sp³-hybridized carbons (Fsp3) is 0.556. The van der Waals surface area contributed by atoms with Crippen molar-refractivity contribution in [3.63, 3.8) is 0 Å². The number of hydrogen-bond donors (Lipinski definition) is 0. The first kappa shape index (κ1) is 16.2. The summed E-state index contributed by atoms with van der Waals surface area (Å²) in [5.41, 5.74) is 1.99. The molecule has 4 nitrogen and oxygen atoms in total. The van der Waals surface area contributed by atoms with Crippen LogP contribution in [0.3, 0.4) is 0 Å². The minimum absolute atomic E-state index is 0.223. The molecule has 124 valence electrons. The first-order valence-corrected chi connectivity index (χ1v) is 9.10. The zero-order valence-corrected chi connectivity index (χ0v) is 15.2. The molecule has 0 bridgehead atoms. The van der Waals surface area contributed by atoms with Crippen LogP contribution in [0.1, 0.15) is 33.6 Å². The number of fused-ring (bicyclic) bond motifs is 1. The molecule has 2 aromatic rings. The highest BCUT2D eigenvalue weighted by molar-refractivity contribution is 7.17. The number of nitrogens with zero attached hydrogens (tertiary/aromatic N) is 3. The summed E-state index contributed by atoms with van der Waals surface area (Å²) in [6.07, 6.45) is 4.08. The van der Waals surface area contributed by atoms with Crippen molar-refractivity contribution in [1.82, 2.24) is 9.88 Å². The van der Waals surface area contributed by atoms with Crippen LogP contribution in [0.2, 0.25) is 0 Å². The molecule has 1 saturated heterocycles. The summed E-state index contributed by atoms with van der Waals surface area (Å²) in [7, 11) is 1.95. The summed E-state index contributed by atoms with van der Waals surface area (Å²) < 4.78 is 1.25. The van der Waals surface area contributed by atoms with Crippen LogP contribution >= 0.6 is 11.3 Å². The van der Waals surface area contributed by atoms with E-state index in [9.17, 15) is 4.79 Å². The average Bonchev–Trinajstić information content (AvgIpc) is 3.01.